The van der Waals surface area contributed by atoms with Gasteiger partial charge in [-0.1, -0.05) is 6.08 Å². The maximum atomic E-state index is 13.5. The number of thiazole rings is 1. The summed E-state index contributed by atoms with van der Waals surface area (Å²) < 4.78 is 0. The van der Waals surface area contributed by atoms with Crippen molar-refractivity contribution in [3.63, 3.8) is 0 Å². The average molecular weight is 374 g/mol. The van der Waals surface area contributed by atoms with Crippen LogP contribution in [-0.2, 0) is 9.59 Å². The zero-order valence-corrected chi connectivity index (χ0v) is 16.2. The minimum atomic E-state index is -0.226. The van der Waals surface area contributed by atoms with E-state index in [1.54, 1.807) is 11.0 Å². The topological polar surface area (TPSA) is 62.3 Å². The Labute approximate surface area is 158 Å². The molecule has 0 spiro atoms. The molecule has 5 rings (SSSR count). The molecule has 4 saturated carbocycles. The molecule has 1 N–H and O–H groups in total. The molecule has 26 heavy (non-hydrogen) atoms. The molecule has 6 heteroatoms. The summed E-state index contributed by atoms with van der Waals surface area (Å²) >= 11 is 1.41. The van der Waals surface area contributed by atoms with Crippen LogP contribution in [0.2, 0.25) is 0 Å². The van der Waals surface area contributed by atoms with Crippen LogP contribution in [-0.4, -0.2) is 34.8 Å². The van der Waals surface area contributed by atoms with Crippen molar-refractivity contribution in [1.82, 2.24) is 9.88 Å². The molecule has 0 aromatic carbocycles. The van der Waals surface area contributed by atoms with Gasteiger partial charge in [-0.25, -0.2) is 4.98 Å². The third-order valence-electron chi connectivity index (χ3n) is 6.33. The molecule has 4 aliphatic carbocycles. The highest BCUT2D eigenvalue weighted by atomic mass is 32.1. The number of amides is 2. The fourth-order valence-electron chi connectivity index (χ4n) is 5.83. The van der Waals surface area contributed by atoms with Gasteiger partial charge >= 0.3 is 0 Å². The Morgan fingerprint density at radius 3 is 2.42 bits per heavy atom. The highest BCUT2D eigenvalue weighted by molar-refractivity contribution is 7.13. The summed E-state index contributed by atoms with van der Waals surface area (Å²) in [5.41, 5.74) is 0.661. The Morgan fingerprint density at radius 1 is 1.31 bits per heavy atom. The second kappa shape index (κ2) is 6.80. The molecule has 0 unspecified atom stereocenters. The number of hydrogen-bond donors (Lipinski definition) is 1. The summed E-state index contributed by atoms with van der Waals surface area (Å²) in [7, 11) is 0. The van der Waals surface area contributed by atoms with E-state index in [2.05, 4.69) is 16.9 Å². The van der Waals surface area contributed by atoms with Crippen molar-refractivity contribution in [2.75, 3.05) is 18.4 Å². The van der Waals surface area contributed by atoms with E-state index in [0.29, 0.717) is 29.4 Å². The molecule has 0 atom stereocenters. The van der Waals surface area contributed by atoms with E-state index in [1.807, 2.05) is 12.3 Å². The van der Waals surface area contributed by atoms with Gasteiger partial charge in [0.2, 0.25) is 11.8 Å². The SMILES string of the molecule is C=CCN(CC(=O)Nc1nc(C)cs1)C(=O)C12CC3CC(CC(C3)C1)C2. The molecule has 4 fully saturated rings. The van der Waals surface area contributed by atoms with Gasteiger partial charge in [0, 0.05) is 11.9 Å². The first kappa shape index (κ1) is 17.7. The first-order valence-electron chi connectivity index (χ1n) is 9.59. The lowest BCUT2D eigenvalue weighted by molar-refractivity contribution is -0.158. The lowest BCUT2D eigenvalue weighted by atomic mass is 9.49. The summed E-state index contributed by atoms with van der Waals surface area (Å²) in [6.45, 7) is 6.18. The molecule has 0 radical (unpaired) electrons. The second-order valence-electron chi connectivity index (χ2n) is 8.51. The Morgan fingerprint density at radius 2 is 1.92 bits per heavy atom. The van der Waals surface area contributed by atoms with E-state index in [0.717, 1.165) is 25.0 Å². The normalized spacial score (nSPS) is 31.7. The molecule has 2 amide bonds. The third-order valence-corrected chi connectivity index (χ3v) is 7.20. The minimum Gasteiger partial charge on any atom is -0.329 e. The van der Waals surface area contributed by atoms with Gasteiger partial charge in [0.15, 0.2) is 5.13 Å². The molecule has 0 aliphatic heterocycles. The van der Waals surface area contributed by atoms with Gasteiger partial charge < -0.3 is 10.2 Å². The molecule has 5 nitrogen and oxygen atoms in total. The van der Waals surface area contributed by atoms with E-state index < -0.39 is 0 Å². The van der Waals surface area contributed by atoms with E-state index in [9.17, 15) is 9.59 Å². The van der Waals surface area contributed by atoms with Crippen molar-refractivity contribution < 1.29 is 9.59 Å². The zero-order valence-electron chi connectivity index (χ0n) is 15.4. The van der Waals surface area contributed by atoms with Gasteiger partial charge in [0.1, 0.15) is 6.54 Å². The van der Waals surface area contributed by atoms with Gasteiger partial charge in [-0.05, 0) is 63.2 Å². The van der Waals surface area contributed by atoms with Crippen LogP contribution in [0, 0.1) is 30.1 Å². The molecule has 4 bridgehead atoms. The maximum Gasteiger partial charge on any atom is 0.245 e. The summed E-state index contributed by atoms with van der Waals surface area (Å²) in [6, 6.07) is 0. The first-order valence-corrected chi connectivity index (χ1v) is 10.5. The molecule has 1 aromatic heterocycles. The summed E-state index contributed by atoms with van der Waals surface area (Å²) in [4.78, 5) is 31.9. The molecule has 4 aliphatic rings. The van der Waals surface area contributed by atoms with Crippen LogP contribution in [0.3, 0.4) is 0 Å². The van der Waals surface area contributed by atoms with Crippen LogP contribution in [0.4, 0.5) is 5.13 Å². The second-order valence-corrected chi connectivity index (χ2v) is 9.37. The largest absolute Gasteiger partial charge is 0.329 e. The predicted molar refractivity (Wildman–Crippen MR) is 103 cm³/mol. The lowest BCUT2D eigenvalue weighted by Gasteiger charge is -2.56. The minimum absolute atomic E-state index is 0.0746. The maximum absolute atomic E-state index is 13.5. The van der Waals surface area contributed by atoms with E-state index in [-0.39, 0.29) is 23.8 Å². The van der Waals surface area contributed by atoms with Crippen LogP contribution >= 0.6 is 11.3 Å². The molecule has 140 valence electrons. The molecular weight excluding hydrogens is 346 g/mol. The van der Waals surface area contributed by atoms with Crippen LogP contribution in [0.1, 0.15) is 44.2 Å². The van der Waals surface area contributed by atoms with Gasteiger partial charge in [-0.2, -0.15) is 0 Å². The van der Waals surface area contributed by atoms with Gasteiger partial charge in [-0.15, -0.1) is 17.9 Å². The predicted octanol–water partition coefficient (Wildman–Crippen LogP) is 3.62. The molecule has 1 aromatic rings. The Hall–Kier alpha value is -1.69. The molecular formula is C20H27N3O2S. The number of anilines is 1. The number of hydrogen-bond acceptors (Lipinski definition) is 4. The van der Waals surface area contributed by atoms with E-state index >= 15 is 0 Å². The summed E-state index contributed by atoms with van der Waals surface area (Å²) in [5, 5.41) is 5.31. The monoisotopic (exact) mass is 373 g/mol. The van der Waals surface area contributed by atoms with Crippen molar-refractivity contribution in [3.8, 4) is 0 Å². The van der Waals surface area contributed by atoms with Crippen LogP contribution in [0.25, 0.3) is 0 Å². The molecule has 0 saturated heterocycles. The van der Waals surface area contributed by atoms with Crippen molar-refractivity contribution in [3.05, 3.63) is 23.7 Å². The number of rotatable bonds is 6. The average Bonchev–Trinajstić information content (AvgIpc) is 2.97. The summed E-state index contributed by atoms with van der Waals surface area (Å²) in [6.07, 6.45) is 8.67. The highest BCUT2D eigenvalue weighted by Crippen LogP contribution is 2.60. The van der Waals surface area contributed by atoms with Crippen LogP contribution in [0.5, 0.6) is 0 Å². The van der Waals surface area contributed by atoms with Crippen molar-refractivity contribution in [2.24, 2.45) is 23.2 Å². The fraction of sp³-hybridized carbons (Fsp3) is 0.650. The van der Waals surface area contributed by atoms with Crippen molar-refractivity contribution in [2.45, 2.75) is 45.4 Å². The summed E-state index contributed by atoms with van der Waals surface area (Å²) in [5.74, 6) is 2.12. The van der Waals surface area contributed by atoms with Gasteiger partial charge in [-0.3, -0.25) is 9.59 Å². The quantitative estimate of drug-likeness (QED) is 0.775. The number of aromatic nitrogens is 1. The first-order chi connectivity index (χ1) is 12.5. The number of carbonyl (C=O) groups is 2. The smallest absolute Gasteiger partial charge is 0.245 e. The third kappa shape index (κ3) is 3.31. The van der Waals surface area contributed by atoms with E-state index in [4.69, 9.17) is 0 Å². The Kier molecular flexibility index (Phi) is 4.63. The van der Waals surface area contributed by atoms with Crippen LogP contribution in [0.15, 0.2) is 18.0 Å². The van der Waals surface area contributed by atoms with Crippen LogP contribution < -0.4 is 5.32 Å². The highest BCUT2D eigenvalue weighted by Gasteiger charge is 2.55. The van der Waals surface area contributed by atoms with Crippen molar-refractivity contribution in [1.29, 1.82) is 0 Å². The Balaban J connectivity index is 1.46. The number of nitrogens with zero attached hydrogens (tertiary/aromatic N) is 2. The number of nitrogens with one attached hydrogen (secondary N) is 1. The Bertz CT molecular complexity index is 691. The van der Waals surface area contributed by atoms with E-state index in [1.165, 1.54) is 30.6 Å². The molecule has 1 heterocycles. The standard InChI is InChI=1S/C20H27N3O2S/c1-3-4-23(11-17(24)22-19-21-13(2)12-26-19)18(25)20-8-14-5-15(9-20)7-16(6-14)10-20/h3,12,14-16H,1,4-11H2,2H3,(H,21,22,24). The fourth-order valence-corrected chi connectivity index (χ4v) is 6.53. The number of carbonyl (C=O) groups excluding carboxylic acids is 2. The zero-order chi connectivity index (χ0) is 18.3. The van der Waals surface area contributed by atoms with Gasteiger partial charge in [0.25, 0.3) is 0 Å². The lowest BCUT2D eigenvalue weighted by Crippen LogP contribution is -2.55. The van der Waals surface area contributed by atoms with Gasteiger partial charge in [0.05, 0.1) is 11.1 Å². The number of aryl methyl sites for hydroxylation is 1. The van der Waals surface area contributed by atoms with Crippen molar-refractivity contribution >= 4 is 28.3 Å².